The van der Waals surface area contributed by atoms with Crippen LogP contribution in [0.4, 0.5) is 0 Å². The molecule has 0 aromatic heterocycles. The molecule has 1 N–H and O–H groups in total. The summed E-state index contributed by atoms with van der Waals surface area (Å²) >= 11 is 0. The van der Waals surface area contributed by atoms with Crippen LogP contribution in [-0.2, 0) is 0 Å². The number of nitrogens with zero attached hydrogens (tertiary/aromatic N) is 1. The van der Waals surface area contributed by atoms with Gasteiger partial charge >= 0.3 is 0 Å². The first-order valence-corrected chi connectivity index (χ1v) is 9.07. The van der Waals surface area contributed by atoms with Crippen molar-refractivity contribution < 1.29 is 9.90 Å². The van der Waals surface area contributed by atoms with E-state index in [0.717, 1.165) is 11.1 Å². The van der Waals surface area contributed by atoms with Crippen LogP contribution in [0.15, 0.2) is 48.5 Å². The predicted octanol–water partition coefficient (Wildman–Crippen LogP) is 5.06. The van der Waals surface area contributed by atoms with Crippen LogP contribution in [0.3, 0.4) is 0 Å². The molecule has 0 saturated heterocycles. The van der Waals surface area contributed by atoms with Crippen molar-refractivity contribution >= 4 is 5.91 Å². The summed E-state index contributed by atoms with van der Waals surface area (Å²) in [7, 11) is 0. The molecule has 0 aliphatic carbocycles. The second kappa shape index (κ2) is 8.30. The lowest BCUT2D eigenvalue weighted by atomic mass is 9.90. The number of benzene rings is 2. The molecule has 25 heavy (non-hydrogen) atoms. The summed E-state index contributed by atoms with van der Waals surface area (Å²) in [5.74, 6) is -0.0213. The van der Waals surface area contributed by atoms with Gasteiger partial charge < -0.3 is 10.0 Å². The predicted molar refractivity (Wildman–Crippen MR) is 104 cm³/mol. The molecule has 2 aromatic carbocycles. The van der Waals surface area contributed by atoms with Gasteiger partial charge in [-0.05, 0) is 50.8 Å². The Hall–Kier alpha value is -2.13. The first-order chi connectivity index (χ1) is 11.9. The number of aliphatic hydroxyl groups excluding tert-OH is 1. The van der Waals surface area contributed by atoms with Gasteiger partial charge in [0.15, 0.2) is 0 Å². The Morgan fingerprint density at radius 1 is 0.960 bits per heavy atom. The first kappa shape index (κ1) is 19.2. The molecule has 3 heteroatoms. The zero-order chi connectivity index (χ0) is 18.6. The van der Waals surface area contributed by atoms with Gasteiger partial charge in [0, 0.05) is 12.1 Å². The van der Waals surface area contributed by atoms with Crippen molar-refractivity contribution in [3.05, 3.63) is 59.7 Å². The molecule has 0 radical (unpaired) electrons. The van der Waals surface area contributed by atoms with Gasteiger partial charge in [0.1, 0.15) is 0 Å². The molecule has 0 fully saturated rings. The summed E-state index contributed by atoms with van der Waals surface area (Å²) in [6, 6.07) is 15.8. The first-order valence-electron chi connectivity index (χ1n) is 9.07. The van der Waals surface area contributed by atoms with Gasteiger partial charge in [-0.25, -0.2) is 0 Å². The highest BCUT2D eigenvalue weighted by atomic mass is 16.3. The van der Waals surface area contributed by atoms with E-state index in [2.05, 4.69) is 0 Å². The Morgan fingerprint density at radius 2 is 1.56 bits per heavy atom. The summed E-state index contributed by atoms with van der Waals surface area (Å²) in [4.78, 5) is 15.4. The summed E-state index contributed by atoms with van der Waals surface area (Å²) < 4.78 is 0. The highest BCUT2D eigenvalue weighted by molar-refractivity contribution is 6.02. The molecule has 0 unspecified atom stereocenters. The number of rotatable bonds is 6. The van der Waals surface area contributed by atoms with E-state index >= 15 is 0 Å². The van der Waals surface area contributed by atoms with Gasteiger partial charge in [0.2, 0.25) is 0 Å². The summed E-state index contributed by atoms with van der Waals surface area (Å²) in [6.07, 6.45) is -0.0780. The highest BCUT2D eigenvalue weighted by Gasteiger charge is 2.28. The van der Waals surface area contributed by atoms with Gasteiger partial charge in [-0.1, -0.05) is 55.5 Å². The number of hydrogen-bond donors (Lipinski definition) is 1. The maximum atomic E-state index is 13.5. The topological polar surface area (TPSA) is 40.5 Å². The van der Waals surface area contributed by atoms with Gasteiger partial charge in [-0.2, -0.15) is 0 Å². The molecule has 0 aliphatic heterocycles. The summed E-state index contributed by atoms with van der Waals surface area (Å²) in [6.45, 7) is 10.0. The SMILES string of the molecule is CC[C@@H](O)c1cccc(-c2ccccc2)c1C(=O)N(C(C)C)C(C)C. The van der Waals surface area contributed by atoms with E-state index in [4.69, 9.17) is 0 Å². The van der Waals surface area contributed by atoms with E-state index in [1.54, 1.807) is 0 Å². The van der Waals surface area contributed by atoms with E-state index in [1.807, 2.05) is 88.0 Å². The maximum absolute atomic E-state index is 13.5. The lowest BCUT2D eigenvalue weighted by Gasteiger charge is -2.32. The Morgan fingerprint density at radius 3 is 2.08 bits per heavy atom. The Labute approximate surface area is 151 Å². The number of amides is 1. The van der Waals surface area contributed by atoms with Crippen molar-refractivity contribution in [1.82, 2.24) is 4.90 Å². The minimum atomic E-state index is -0.649. The molecule has 1 atom stereocenters. The van der Waals surface area contributed by atoms with Crippen LogP contribution in [0, 0.1) is 0 Å². The zero-order valence-electron chi connectivity index (χ0n) is 15.9. The molecule has 0 heterocycles. The van der Waals surface area contributed by atoms with Crippen molar-refractivity contribution in [3.63, 3.8) is 0 Å². The average molecular weight is 339 g/mol. The number of hydrogen-bond acceptors (Lipinski definition) is 2. The van der Waals surface area contributed by atoms with Crippen LogP contribution < -0.4 is 0 Å². The van der Waals surface area contributed by atoms with Crippen molar-refractivity contribution in [2.45, 2.75) is 59.2 Å². The Kier molecular flexibility index (Phi) is 6.38. The van der Waals surface area contributed by atoms with Gasteiger partial charge in [-0.3, -0.25) is 4.79 Å². The lowest BCUT2D eigenvalue weighted by Crippen LogP contribution is -2.42. The van der Waals surface area contributed by atoms with Crippen molar-refractivity contribution in [3.8, 4) is 11.1 Å². The van der Waals surface area contributed by atoms with Crippen LogP contribution in [0.1, 0.15) is 63.1 Å². The van der Waals surface area contributed by atoms with Gasteiger partial charge in [0.25, 0.3) is 5.91 Å². The molecule has 134 valence electrons. The Balaban J connectivity index is 2.69. The molecule has 0 aliphatic rings. The Bertz CT molecular complexity index is 699. The average Bonchev–Trinajstić information content (AvgIpc) is 2.60. The van der Waals surface area contributed by atoms with Crippen LogP contribution in [-0.4, -0.2) is 28.0 Å². The van der Waals surface area contributed by atoms with Crippen LogP contribution in [0.5, 0.6) is 0 Å². The van der Waals surface area contributed by atoms with Crippen molar-refractivity contribution in [2.75, 3.05) is 0 Å². The van der Waals surface area contributed by atoms with Gasteiger partial charge in [-0.15, -0.1) is 0 Å². The summed E-state index contributed by atoms with van der Waals surface area (Å²) in [5.41, 5.74) is 3.19. The fourth-order valence-electron chi connectivity index (χ4n) is 3.36. The van der Waals surface area contributed by atoms with E-state index < -0.39 is 6.10 Å². The third-order valence-corrected chi connectivity index (χ3v) is 4.49. The largest absolute Gasteiger partial charge is 0.388 e. The molecule has 2 aromatic rings. The van der Waals surface area contributed by atoms with E-state index in [9.17, 15) is 9.90 Å². The molecule has 0 bridgehead atoms. The van der Waals surface area contributed by atoms with Crippen molar-refractivity contribution in [1.29, 1.82) is 0 Å². The van der Waals surface area contributed by atoms with E-state index in [0.29, 0.717) is 17.5 Å². The molecular weight excluding hydrogens is 310 g/mol. The van der Waals surface area contributed by atoms with Crippen molar-refractivity contribution in [2.24, 2.45) is 0 Å². The molecular formula is C22H29NO2. The lowest BCUT2D eigenvalue weighted by molar-refractivity contribution is 0.0637. The molecule has 3 nitrogen and oxygen atoms in total. The second-order valence-corrected chi connectivity index (χ2v) is 6.96. The molecule has 1 amide bonds. The highest BCUT2D eigenvalue weighted by Crippen LogP contribution is 2.32. The molecule has 2 rings (SSSR count). The number of carbonyl (C=O) groups is 1. The summed E-state index contributed by atoms with van der Waals surface area (Å²) in [5, 5.41) is 10.5. The fraction of sp³-hybridized carbons (Fsp3) is 0.409. The minimum absolute atomic E-state index is 0.0213. The van der Waals surface area contributed by atoms with Crippen LogP contribution in [0.25, 0.3) is 11.1 Å². The smallest absolute Gasteiger partial charge is 0.255 e. The van der Waals surface area contributed by atoms with E-state index in [-0.39, 0.29) is 18.0 Å². The number of carbonyl (C=O) groups excluding carboxylic acids is 1. The normalized spacial score (nSPS) is 12.5. The monoisotopic (exact) mass is 339 g/mol. The molecule has 0 saturated carbocycles. The fourth-order valence-corrected chi connectivity index (χ4v) is 3.36. The number of aliphatic hydroxyl groups is 1. The zero-order valence-corrected chi connectivity index (χ0v) is 15.9. The van der Waals surface area contributed by atoms with Crippen LogP contribution in [0.2, 0.25) is 0 Å². The third-order valence-electron chi connectivity index (χ3n) is 4.49. The molecule has 0 spiro atoms. The van der Waals surface area contributed by atoms with E-state index in [1.165, 1.54) is 0 Å². The second-order valence-electron chi connectivity index (χ2n) is 6.96. The third kappa shape index (κ3) is 4.10. The van der Waals surface area contributed by atoms with Gasteiger partial charge in [0.05, 0.1) is 11.7 Å². The van der Waals surface area contributed by atoms with Crippen LogP contribution >= 0.6 is 0 Å². The standard InChI is InChI=1S/C22H29NO2/c1-6-20(24)19-14-10-13-18(17-11-8-7-9-12-17)21(19)22(25)23(15(2)3)16(4)5/h7-16,20,24H,6H2,1-5H3/t20-/m1/s1. The quantitative estimate of drug-likeness (QED) is 0.799. The minimum Gasteiger partial charge on any atom is -0.388 e. The maximum Gasteiger partial charge on any atom is 0.255 e.